The summed E-state index contributed by atoms with van der Waals surface area (Å²) < 4.78 is 14.7. The fraction of sp³-hybridized carbons (Fsp3) is 0.100. The van der Waals surface area contributed by atoms with E-state index in [9.17, 15) is 14.5 Å². The van der Waals surface area contributed by atoms with Crippen molar-refractivity contribution < 1.29 is 9.31 Å². The van der Waals surface area contributed by atoms with Crippen LogP contribution in [0.1, 0.15) is 0 Å². The van der Waals surface area contributed by atoms with Crippen LogP contribution in [0.25, 0.3) is 0 Å². The minimum Gasteiger partial charge on any atom is -0.329 e. The Hall–Kier alpha value is -1.89. The van der Waals surface area contributed by atoms with Crippen molar-refractivity contribution in [1.29, 1.82) is 0 Å². The summed E-state index contributed by atoms with van der Waals surface area (Å²) in [7, 11) is 1.78. The summed E-state index contributed by atoms with van der Waals surface area (Å²) in [5.74, 6) is -0.624. The van der Waals surface area contributed by atoms with E-state index in [1.807, 2.05) is 0 Å². The van der Waals surface area contributed by atoms with Crippen LogP contribution < -0.4 is 0 Å². The van der Waals surface area contributed by atoms with Crippen LogP contribution >= 0.6 is 11.8 Å². The zero-order chi connectivity index (χ0) is 12.4. The fourth-order valence-electron chi connectivity index (χ4n) is 1.27. The molecule has 1 aromatic heterocycles. The largest absolute Gasteiger partial charge is 0.329 e. The Kier molecular flexibility index (Phi) is 3.10. The zero-order valence-corrected chi connectivity index (χ0v) is 9.65. The van der Waals surface area contributed by atoms with Crippen LogP contribution in [0.2, 0.25) is 0 Å². The van der Waals surface area contributed by atoms with Gasteiger partial charge in [-0.25, -0.2) is 9.37 Å². The molecule has 0 aliphatic heterocycles. The first-order valence-corrected chi connectivity index (χ1v) is 5.48. The third-order valence-electron chi connectivity index (χ3n) is 2.10. The maximum absolute atomic E-state index is 12.9. The van der Waals surface area contributed by atoms with Gasteiger partial charge in [0.15, 0.2) is 5.16 Å². The van der Waals surface area contributed by atoms with Gasteiger partial charge in [-0.15, -0.1) is 0 Å². The molecule has 7 heteroatoms. The topological polar surface area (TPSA) is 61.0 Å². The molecule has 0 amide bonds. The van der Waals surface area contributed by atoms with Gasteiger partial charge in [-0.3, -0.25) is 10.1 Å². The van der Waals surface area contributed by atoms with Gasteiger partial charge in [0.1, 0.15) is 5.82 Å². The average molecular weight is 253 g/mol. The predicted octanol–water partition coefficient (Wildman–Crippen LogP) is 2.62. The molecule has 0 unspecified atom stereocenters. The summed E-state index contributed by atoms with van der Waals surface area (Å²) in [5.41, 5.74) is -0.252. The summed E-state index contributed by atoms with van der Waals surface area (Å²) >= 11 is 1.13. The van der Waals surface area contributed by atoms with Crippen molar-refractivity contribution in [3.63, 3.8) is 0 Å². The van der Waals surface area contributed by atoms with Gasteiger partial charge in [-0.1, -0.05) is 0 Å². The number of rotatable bonds is 3. The molecule has 0 saturated carbocycles. The van der Waals surface area contributed by atoms with E-state index in [4.69, 9.17) is 0 Å². The lowest BCUT2D eigenvalue weighted by Gasteiger charge is -2.02. The van der Waals surface area contributed by atoms with Crippen LogP contribution in [0.3, 0.4) is 0 Å². The van der Waals surface area contributed by atoms with Crippen LogP contribution in [0, 0.1) is 15.9 Å². The smallest absolute Gasteiger partial charge is 0.286 e. The number of nitro benzene ring substituents is 1. The summed E-state index contributed by atoms with van der Waals surface area (Å²) in [5, 5.41) is 11.4. The van der Waals surface area contributed by atoms with Gasteiger partial charge in [-0.2, -0.15) is 0 Å². The second-order valence-corrected chi connectivity index (χ2v) is 4.30. The maximum Gasteiger partial charge on any atom is 0.286 e. The van der Waals surface area contributed by atoms with Crippen molar-refractivity contribution >= 4 is 17.4 Å². The Bertz CT molecular complexity index is 570. The monoisotopic (exact) mass is 253 g/mol. The quantitative estimate of drug-likeness (QED) is 0.623. The van der Waals surface area contributed by atoms with Crippen molar-refractivity contribution in [3.8, 4) is 0 Å². The summed E-state index contributed by atoms with van der Waals surface area (Å²) in [6.07, 6.45) is 3.33. The first-order chi connectivity index (χ1) is 8.08. The molecule has 5 nitrogen and oxygen atoms in total. The van der Waals surface area contributed by atoms with E-state index in [1.54, 1.807) is 24.0 Å². The third-order valence-corrected chi connectivity index (χ3v) is 3.24. The Balaban J connectivity index is 2.39. The summed E-state index contributed by atoms with van der Waals surface area (Å²) in [6.45, 7) is 0. The molecule has 88 valence electrons. The number of nitrogens with zero attached hydrogens (tertiary/aromatic N) is 3. The van der Waals surface area contributed by atoms with E-state index in [1.165, 1.54) is 12.1 Å². The highest BCUT2D eigenvalue weighted by Gasteiger charge is 2.17. The van der Waals surface area contributed by atoms with Gasteiger partial charge in [0.2, 0.25) is 0 Å². The van der Waals surface area contributed by atoms with Crippen LogP contribution in [-0.4, -0.2) is 14.5 Å². The third kappa shape index (κ3) is 2.44. The van der Waals surface area contributed by atoms with Crippen LogP contribution in [-0.2, 0) is 7.05 Å². The van der Waals surface area contributed by atoms with Crippen molar-refractivity contribution in [3.05, 3.63) is 46.5 Å². The molecular formula is C10H8FN3O2S. The lowest BCUT2D eigenvalue weighted by Crippen LogP contribution is -1.94. The highest BCUT2D eigenvalue weighted by atomic mass is 32.2. The van der Waals surface area contributed by atoms with Crippen molar-refractivity contribution in [2.75, 3.05) is 0 Å². The number of aryl methyl sites for hydroxylation is 1. The second kappa shape index (κ2) is 4.54. The molecule has 0 radical (unpaired) electrons. The maximum atomic E-state index is 12.9. The van der Waals surface area contributed by atoms with Crippen LogP contribution in [0.15, 0.2) is 40.6 Å². The molecule has 1 heterocycles. The first kappa shape index (κ1) is 11.6. The van der Waals surface area contributed by atoms with Gasteiger partial charge >= 0.3 is 0 Å². The molecule has 0 aliphatic rings. The highest BCUT2D eigenvalue weighted by molar-refractivity contribution is 7.99. The number of imidazole rings is 1. The van der Waals surface area contributed by atoms with Gasteiger partial charge in [-0.05, 0) is 23.9 Å². The lowest BCUT2D eigenvalue weighted by atomic mass is 10.3. The van der Waals surface area contributed by atoms with Gasteiger partial charge in [0.05, 0.1) is 15.9 Å². The Morgan fingerprint density at radius 2 is 2.29 bits per heavy atom. The van der Waals surface area contributed by atoms with Crippen molar-refractivity contribution in [2.24, 2.45) is 7.05 Å². The fourth-order valence-corrected chi connectivity index (χ4v) is 2.16. The average Bonchev–Trinajstić information content (AvgIpc) is 2.67. The molecule has 0 aliphatic carbocycles. The van der Waals surface area contributed by atoms with E-state index < -0.39 is 10.7 Å². The highest BCUT2D eigenvalue weighted by Crippen LogP contribution is 2.33. The standard InChI is InChI=1S/C10H8FN3O2S/c1-13-5-4-12-10(13)17-9-3-2-7(11)6-8(9)14(15)16/h2-6H,1H3. The van der Waals surface area contributed by atoms with E-state index in [2.05, 4.69) is 4.98 Å². The van der Waals surface area contributed by atoms with Crippen molar-refractivity contribution in [2.45, 2.75) is 10.1 Å². The summed E-state index contributed by atoms with van der Waals surface area (Å²) in [6, 6.07) is 3.48. The van der Waals surface area contributed by atoms with E-state index in [0.717, 1.165) is 17.8 Å². The molecule has 0 fully saturated rings. The van der Waals surface area contributed by atoms with Crippen LogP contribution in [0.4, 0.5) is 10.1 Å². The van der Waals surface area contributed by atoms with E-state index in [-0.39, 0.29) is 5.69 Å². The lowest BCUT2D eigenvalue weighted by molar-refractivity contribution is -0.387. The SMILES string of the molecule is Cn1ccnc1Sc1ccc(F)cc1[N+](=O)[O-]. The first-order valence-electron chi connectivity index (χ1n) is 4.67. The minimum absolute atomic E-state index is 0.252. The molecular weight excluding hydrogens is 245 g/mol. The molecule has 0 bridgehead atoms. The van der Waals surface area contributed by atoms with Gasteiger partial charge in [0, 0.05) is 19.4 Å². The summed E-state index contributed by atoms with van der Waals surface area (Å²) in [4.78, 5) is 14.6. The van der Waals surface area contributed by atoms with Crippen LogP contribution in [0.5, 0.6) is 0 Å². The molecule has 0 N–H and O–H groups in total. The Morgan fingerprint density at radius 3 is 2.88 bits per heavy atom. The number of benzene rings is 1. The van der Waals surface area contributed by atoms with Crippen molar-refractivity contribution in [1.82, 2.24) is 9.55 Å². The Labute approximate surface area is 100 Å². The van der Waals surface area contributed by atoms with E-state index in [0.29, 0.717) is 10.1 Å². The minimum atomic E-state index is -0.624. The molecule has 0 spiro atoms. The second-order valence-electron chi connectivity index (χ2n) is 3.29. The number of halogens is 1. The molecule has 0 saturated heterocycles. The number of hydrogen-bond donors (Lipinski definition) is 0. The molecule has 2 aromatic rings. The molecule has 0 atom stereocenters. The number of nitro groups is 1. The van der Waals surface area contributed by atoms with Gasteiger partial charge in [0.25, 0.3) is 5.69 Å². The van der Waals surface area contributed by atoms with E-state index >= 15 is 0 Å². The predicted molar refractivity (Wildman–Crippen MR) is 60.4 cm³/mol. The number of hydrogen-bond acceptors (Lipinski definition) is 4. The normalized spacial score (nSPS) is 10.5. The zero-order valence-electron chi connectivity index (χ0n) is 8.83. The van der Waals surface area contributed by atoms with Gasteiger partial charge < -0.3 is 4.57 Å². The molecule has 17 heavy (non-hydrogen) atoms. The number of aromatic nitrogens is 2. The molecule has 2 rings (SSSR count). The molecule has 1 aromatic carbocycles. The Morgan fingerprint density at radius 1 is 1.53 bits per heavy atom.